The number of likely N-dealkylation sites (N-methyl/N-ethyl adjacent to an activating group) is 1. The van der Waals surface area contributed by atoms with E-state index in [4.69, 9.17) is 11.6 Å². The lowest BCUT2D eigenvalue weighted by atomic mass is 9.90. The number of rotatable bonds is 4. The second kappa shape index (κ2) is 7.85. The van der Waals surface area contributed by atoms with Gasteiger partial charge >= 0.3 is 0 Å². The summed E-state index contributed by atoms with van der Waals surface area (Å²) >= 11 is 6.24. The summed E-state index contributed by atoms with van der Waals surface area (Å²) in [6.07, 6.45) is 10.3. The molecule has 20 heavy (non-hydrogen) atoms. The van der Waals surface area contributed by atoms with Crippen LogP contribution in [0.3, 0.4) is 0 Å². The molecule has 0 bridgehead atoms. The van der Waals surface area contributed by atoms with Gasteiger partial charge in [0.15, 0.2) is 0 Å². The number of benzene rings is 1. The molecule has 1 nitrogen and oxygen atoms in total. The number of hydrogen-bond donors (Lipinski definition) is 1. The van der Waals surface area contributed by atoms with Crippen molar-refractivity contribution in [2.45, 2.75) is 58.4 Å². The Morgan fingerprint density at radius 3 is 2.70 bits per heavy atom. The summed E-state index contributed by atoms with van der Waals surface area (Å²) in [4.78, 5) is 0. The summed E-state index contributed by atoms with van der Waals surface area (Å²) in [6, 6.07) is 6.73. The average Bonchev–Trinajstić information content (AvgIpc) is 2.35. The lowest BCUT2D eigenvalue weighted by Crippen LogP contribution is -2.23. The maximum absolute atomic E-state index is 6.24. The number of aryl methyl sites for hydroxylation is 1. The zero-order valence-electron chi connectivity index (χ0n) is 12.7. The molecule has 0 saturated heterocycles. The Bertz CT molecular complexity index is 444. The Labute approximate surface area is 128 Å². The summed E-state index contributed by atoms with van der Waals surface area (Å²) < 4.78 is 0. The third-order valence-corrected chi connectivity index (χ3v) is 4.22. The molecular formula is C18H26ClN. The van der Waals surface area contributed by atoms with Gasteiger partial charge in [-0.2, -0.15) is 0 Å². The highest BCUT2D eigenvalue weighted by Gasteiger charge is 2.17. The largest absolute Gasteiger partial charge is 0.307 e. The summed E-state index contributed by atoms with van der Waals surface area (Å²) in [5.74, 6) is 0. The Hall–Kier alpha value is -0.790. The molecule has 0 amide bonds. The number of nitrogens with one attached hydrogen (secondary N) is 1. The molecule has 0 radical (unpaired) electrons. The van der Waals surface area contributed by atoms with Crippen molar-refractivity contribution in [1.29, 1.82) is 0 Å². The molecule has 1 aliphatic carbocycles. The molecule has 0 heterocycles. The third-order valence-electron chi connectivity index (χ3n) is 4.00. The second-order valence-corrected chi connectivity index (χ2v) is 6.22. The molecule has 0 saturated carbocycles. The number of hydrogen-bond acceptors (Lipinski definition) is 1. The fourth-order valence-corrected chi connectivity index (χ4v) is 3.38. The molecule has 0 spiro atoms. The quantitative estimate of drug-likeness (QED) is 0.714. The Balaban J connectivity index is 2.28. The molecule has 0 aliphatic heterocycles. The molecule has 2 rings (SSSR count). The van der Waals surface area contributed by atoms with Crippen LogP contribution in [0, 0.1) is 6.92 Å². The van der Waals surface area contributed by atoms with Crippen molar-refractivity contribution < 1.29 is 0 Å². The number of allylic oxidation sites excluding steroid dienone is 1. The normalized spacial score (nSPS) is 20.6. The standard InChI is InChI=1S/C18H26ClN/c1-3-20-18(15-9-7-5-4-6-8-10-15)16-11-14(2)12-17(19)13-16/h9,11-13,18,20H,3-8,10H2,1-2H3/b15-9+. The molecule has 1 unspecified atom stereocenters. The minimum absolute atomic E-state index is 0.329. The average molecular weight is 292 g/mol. The smallest absolute Gasteiger partial charge is 0.0536 e. The fraction of sp³-hybridized carbons (Fsp3) is 0.556. The first-order valence-electron chi connectivity index (χ1n) is 7.90. The molecule has 0 aromatic heterocycles. The van der Waals surface area contributed by atoms with Crippen LogP contribution in [0.25, 0.3) is 0 Å². The van der Waals surface area contributed by atoms with E-state index in [1.807, 2.05) is 6.07 Å². The van der Waals surface area contributed by atoms with E-state index < -0.39 is 0 Å². The van der Waals surface area contributed by atoms with E-state index in [0.717, 1.165) is 11.6 Å². The maximum Gasteiger partial charge on any atom is 0.0536 e. The molecule has 1 N–H and O–H groups in total. The van der Waals surface area contributed by atoms with Crippen LogP contribution in [-0.2, 0) is 0 Å². The summed E-state index contributed by atoms with van der Waals surface area (Å²) in [7, 11) is 0. The van der Waals surface area contributed by atoms with Crippen molar-refractivity contribution in [3.63, 3.8) is 0 Å². The fourth-order valence-electron chi connectivity index (χ4n) is 3.08. The van der Waals surface area contributed by atoms with Crippen molar-refractivity contribution in [2.75, 3.05) is 6.54 Å². The van der Waals surface area contributed by atoms with E-state index in [9.17, 15) is 0 Å². The molecule has 2 heteroatoms. The van der Waals surface area contributed by atoms with E-state index in [0.29, 0.717) is 6.04 Å². The molecule has 1 aromatic carbocycles. The minimum atomic E-state index is 0.329. The zero-order valence-corrected chi connectivity index (χ0v) is 13.5. The Morgan fingerprint density at radius 1 is 1.15 bits per heavy atom. The topological polar surface area (TPSA) is 12.0 Å². The first-order chi connectivity index (χ1) is 9.70. The van der Waals surface area contributed by atoms with Gasteiger partial charge in [0.05, 0.1) is 6.04 Å². The van der Waals surface area contributed by atoms with Crippen LogP contribution in [0.4, 0.5) is 0 Å². The van der Waals surface area contributed by atoms with E-state index in [1.165, 1.54) is 49.7 Å². The summed E-state index contributed by atoms with van der Waals surface area (Å²) in [5, 5.41) is 4.49. The van der Waals surface area contributed by atoms with Gasteiger partial charge in [0.2, 0.25) is 0 Å². The van der Waals surface area contributed by atoms with Crippen molar-refractivity contribution in [3.05, 3.63) is 46.0 Å². The van der Waals surface area contributed by atoms with E-state index in [1.54, 1.807) is 5.57 Å². The highest BCUT2D eigenvalue weighted by atomic mass is 35.5. The summed E-state index contributed by atoms with van der Waals surface area (Å²) in [5.41, 5.74) is 4.10. The predicted molar refractivity (Wildman–Crippen MR) is 88.4 cm³/mol. The van der Waals surface area contributed by atoms with Gasteiger partial charge in [-0.1, -0.05) is 49.1 Å². The lowest BCUT2D eigenvalue weighted by molar-refractivity contribution is 0.554. The van der Waals surface area contributed by atoms with Crippen LogP contribution in [0.2, 0.25) is 5.02 Å². The van der Waals surface area contributed by atoms with Gasteiger partial charge in [-0.3, -0.25) is 0 Å². The van der Waals surface area contributed by atoms with Gasteiger partial charge in [0.25, 0.3) is 0 Å². The van der Waals surface area contributed by atoms with Crippen molar-refractivity contribution >= 4 is 11.6 Å². The molecule has 1 aromatic rings. The SMILES string of the molecule is CCNC(/C1=C/CCCCCC1)c1cc(C)cc(Cl)c1. The first kappa shape index (κ1) is 15.6. The molecule has 1 aliphatic rings. The van der Waals surface area contributed by atoms with Gasteiger partial charge < -0.3 is 5.32 Å². The van der Waals surface area contributed by atoms with Gasteiger partial charge in [-0.25, -0.2) is 0 Å². The lowest BCUT2D eigenvalue weighted by Gasteiger charge is -2.24. The molecular weight excluding hydrogens is 266 g/mol. The van der Waals surface area contributed by atoms with E-state index in [-0.39, 0.29) is 0 Å². The van der Waals surface area contributed by atoms with E-state index >= 15 is 0 Å². The Kier molecular flexibility index (Phi) is 6.12. The highest BCUT2D eigenvalue weighted by molar-refractivity contribution is 6.30. The predicted octanol–water partition coefficient (Wildman–Crippen LogP) is 5.58. The maximum atomic E-state index is 6.24. The molecule has 0 fully saturated rings. The van der Waals surface area contributed by atoms with Gasteiger partial charge in [-0.05, 0) is 62.4 Å². The monoisotopic (exact) mass is 291 g/mol. The minimum Gasteiger partial charge on any atom is -0.307 e. The second-order valence-electron chi connectivity index (χ2n) is 5.78. The van der Waals surface area contributed by atoms with E-state index in [2.05, 4.69) is 37.4 Å². The number of halogens is 1. The van der Waals surface area contributed by atoms with Crippen LogP contribution < -0.4 is 5.32 Å². The first-order valence-corrected chi connectivity index (χ1v) is 8.28. The van der Waals surface area contributed by atoms with Crippen LogP contribution >= 0.6 is 11.6 Å². The molecule has 1 atom stereocenters. The third kappa shape index (κ3) is 4.36. The van der Waals surface area contributed by atoms with Gasteiger partial charge in [0.1, 0.15) is 0 Å². The van der Waals surface area contributed by atoms with Gasteiger partial charge in [0, 0.05) is 5.02 Å². The van der Waals surface area contributed by atoms with Crippen molar-refractivity contribution in [2.24, 2.45) is 0 Å². The van der Waals surface area contributed by atoms with Crippen LogP contribution in [-0.4, -0.2) is 6.54 Å². The molecule has 110 valence electrons. The van der Waals surface area contributed by atoms with Crippen LogP contribution in [0.15, 0.2) is 29.8 Å². The van der Waals surface area contributed by atoms with Gasteiger partial charge in [-0.15, -0.1) is 0 Å². The van der Waals surface area contributed by atoms with Crippen LogP contribution in [0.5, 0.6) is 0 Å². The summed E-state index contributed by atoms with van der Waals surface area (Å²) in [6.45, 7) is 5.27. The van der Waals surface area contributed by atoms with Crippen molar-refractivity contribution in [1.82, 2.24) is 5.32 Å². The highest BCUT2D eigenvalue weighted by Crippen LogP contribution is 2.30. The Morgan fingerprint density at radius 2 is 1.95 bits per heavy atom. The van der Waals surface area contributed by atoms with Crippen LogP contribution in [0.1, 0.15) is 62.6 Å². The van der Waals surface area contributed by atoms with Crippen molar-refractivity contribution in [3.8, 4) is 0 Å². The zero-order chi connectivity index (χ0) is 14.4.